The summed E-state index contributed by atoms with van der Waals surface area (Å²) in [5.74, 6) is -0.785. The molecule has 0 spiro atoms. The number of anilines is 2. The van der Waals surface area contributed by atoms with E-state index in [0.717, 1.165) is 17.4 Å². The molecule has 1 aliphatic rings. The lowest BCUT2D eigenvalue weighted by Crippen LogP contribution is -2.24. The number of fused-ring (bicyclic) bond motifs is 1. The lowest BCUT2D eigenvalue weighted by Gasteiger charge is -2.24. The van der Waals surface area contributed by atoms with Crippen LogP contribution >= 0.6 is 11.3 Å². The normalized spacial score (nSPS) is 18.2. The Hall–Kier alpha value is -2.09. The third kappa shape index (κ3) is 2.46. The van der Waals surface area contributed by atoms with Crippen LogP contribution in [0.3, 0.4) is 0 Å². The number of hydrogen-bond donors (Lipinski definition) is 2. The van der Waals surface area contributed by atoms with Gasteiger partial charge in [0.05, 0.1) is 10.4 Å². The first-order chi connectivity index (χ1) is 9.86. The molecule has 0 saturated heterocycles. The minimum Gasteiger partial charge on any atom is -0.375 e. The topological polar surface area (TPSA) is 68.0 Å². The largest absolute Gasteiger partial charge is 0.416 e. The van der Waals surface area contributed by atoms with Crippen molar-refractivity contribution in [3.63, 3.8) is 0 Å². The number of nitrogens with two attached hydrogens (primary N) is 1. The van der Waals surface area contributed by atoms with E-state index < -0.39 is 17.7 Å². The molecule has 0 aliphatic carbocycles. The van der Waals surface area contributed by atoms with Gasteiger partial charge in [0.15, 0.2) is 5.13 Å². The Bertz CT molecular complexity index is 711. The molecule has 0 unspecified atom stereocenters. The SMILES string of the molecule is Nc1nc2c(s1)[C@@H](c1ccccc1C(F)(F)F)CC(=O)N2. The van der Waals surface area contributed by atoms with Crippen molar-refractivity contribution in [2.45, 2.75) is 18.5 Å². The molecule has 1 amide bonds. The maximum atomic E-state index is 13.1. The van der Waals surface area contributed by atoms with Gasteiger partial charge in [0.1, 0.15) is 5.82 Å². The number of nitrogens with zero attached hydrogens (tertiary/aromatic N) is 1. The summed E-state index contributed by atoms with van der Waals surface area (Å²) >= 11 is 1.10. The molecule has 0 bridgehead atoms. The molecular weight excluding hydrogens is 303 g/mol. The van der Waals surface area contributed by atoms with Crippen molar-refractivity contribution in [2.75, 3.05) is 11.1 Å². The first-order valence-corrected chi connectivity index (χ1v) is 6.90. The summed E-state index contributed by atoms with van der Waals surface area (Å²) in [6, 6.07) is 5.27. The van der Waals surface area contributed by atoms with Gasteiger partial charge in [-0.2, -0.15) is 13.2 Å². The number of nitrogen functional groups attached to an aromatic ring is 1. The fraction of sp³-hybridized carbons (Fsp3) is 0.231. The Kier molecular flexibility index (Phi) is 3.12. The van der Waals surface area contributed by atoms with Crippen molar-refractivity contribution in [2.24, 2.45) is 0 Å². The van der Waals surface area contributed by atoms with Crippen molar-refractivity contribution >= 4 is 28.2 Å². The van der Waals surface area contributed by atoms with Crippen LogP contribution in [-0.2, 0) is 11.0 Å². The molecule has 21 heavy (non-hydrogen) atoms. The van der Waals surface area contributed by atoms with Crippen molar-refractivity contribution < 1.29 is 18.0 Å². The van der Waals surface area contributed by atoms with Crippen LogP contribution in [0.15, 0.2) is 24.3 Å². The molecule has 0 saturated carbocycles. The van der Waals surface area contributed by atoms with Crippen molar-refractivity contribution in [3.05, 3.63) is 40.3 Å². The lowest BCUT2D eigenvalue weighted by molar-refractivity contribution is -0.138. The highest BCUT2D eigenvalue weighted by Gasteiger charge is 2.38. The average molecular weight is 313 g/mol. The number of benzene rings is 1. The standard InChI is InChI=1S/C13H10F3N3OS/c14-13(15,16)8-4-2-1-3-6(8)7-5-9(20)18-11-10(7)21-12(17)19-11/h1-4,7H,5H2,(H2,17,19)(H,18,20)/t7-/m1/s1. The van der Waals surface area contributed by atoms with E-state index in [1.54, 1.807) is 0 Å². The van der Waals surface area contributed by atoms with Crippen LogP contribution < -0.4 is 11.1 Å². The minimum absolute atomic E-state index is 0.0538. The number of thiazole rings is 1. The van der Waals surface area contributed by atoms with Gasteiger partial charge >= 0.3 is 6.18 Å². The molecule has 2 aromatic rings. The summed E-state index contributed by atoms with van der Waals surface area (Å²) in [4.78, 5) is 16.2. The van der Waals surface area contributed by atoms with Crippen molar-refractivity contribution in [1.29, 1.82) is 0 Å². The fourth-order valence-electron chi connectivity index (χ4n) is 2.45. The molecule has 0 fully saturated rings. The Balaban J connectivity index is 2.15. The molecule has 2 heterocycles. The Morgan fingerprint density at radius 3 is 2.76 bits per heavy atom. The molecule has 1 aromatic heterocycles. The van der Waals surface area contributed by atoms with Gasteiger partial charge in [-0.1, -0.05) is 29.5 Å². The van der Waals surface area contributed by atoms with E-state index in [2.05, 4.69) is 10.3 Å². The van der Waals surface area contributed by atoms with E-state index in [9.17, 15) is 18.0 Å². The smallest absolute Gasteiger partial charge is 0.375 e. The van der Waals surface area contributed by atoms with E-state index in [4.69, 9.17) is 5.73 Å². The monoisotopic (exact) mass is 313 g/mol. The number of halogens is 3. The Labute approximate surface area is 121 Å². The van der Waals surface area contributed by atoms with Crippen LogP contribution in [-0.4, -0.2) is 10.9 Å². The van der Waals surface area contributed by atoms with Gasteiger partial charge in [0, 0.05) is 12.3 Å². The average Bonchev–Trinajstić information content (AvgIpc) is 2.77. The van der Waals surface area contributed by atoms with Gasteiger partial charge < -0.3 is 11.1 Å². The number of amides is 1. The number of rotatable bonds is 1. The maximum absolute atomic E-state index is 13.1. The molecule has 4 nitrogen and oxygen atoms in total. The third-order valence-electron chi connectivity index (χ3n) is 3.28. The van der Waals surface area contributed by atoms with Crippen molar-refractivity contribution in [3.8, 4) is 0 Å². The van der Waals surface area contributed by atoms with Gasteiger partial charge in [-0.05, 0) is 11.6 Å². The molecule has 3 rings (SSSR count). The van der Waals surface area contributed by atoms with Crippen LogP contribution in [0.5, 0.6) is 0 Å². The van der Waals surface area contributed by atoms with Crippen LogP contribution in [0, 0.1) is 0 Å². The van der Waals surface area contributed by atoms with Gasteiger partial charge in [0.25, 0.3) is 0 Å². The number of aromatic nitrogens is 1. The zero-order chi connectivity index (χ0) is 15.2. The summed E-state index contributed by atoms with van der Waals surface area (Å²) in [5.41, 5.74) is 4.94. The molecule has 8 heteroatoms. The number of alkyl halides is 3. The Morgan fingerprint density at radius 1 is 1.33 bits per heavy atom. The highest BCUT2D eigenvalue weighted by Crippen LogP contribution is 2.45. The molecule has 0 radical (unpaired) electrons. The molecular formula is C13H10F3N3OS. The second kappa shape index (κ2) is 4.73. The van der Waals surface area contributed by atoms with E-state index in [-0.39, 0.29) is 28.8 Å². The van der Waals surface area contributed by atoms with Gasteiger partial charge in [-0.15, -0.1) is 0 Å². The van der Waals surface area contributed by atoms with E-state index in [0.29, 0.717) is 4.88 Å². The molecule has 110 valence electrons. The first kappa shape index (κ1) is 13.9. The van der Waals surface area contributed by atoms with E-state index in [1.165, 1.54) is 18.2 Å². The molecule has 1 aliphatic heterocycles. The number of carbonyl (C=O) groups is 1. The van der Waals surface area contributed by atoms with E-state index in [1.807, 2.05) is 0 Å². The fourth-order valence-corrected chi connectivity index (χ4v) is 3.35. The predicted molar refractivity (Wildman–Crippen MR) is 73.1 cm³/mol. The van der Waals surface area contributed by atoms with Crippen LogP contribution in [0.25, 0.3) is 0 Å². The highest BCUT2D eigenvalue weighted by atomic mass is 32.1. The van der Waals surface area contributed by atoms with Gasteiger partial charge in [-0.25, -0.2) is 4.98 Å². The molecule has 1 aromatic carbocycles. The van der Waals surface area contributed by atoms with Gasteiger partial charge in [-0.3, -0.25) is 4.79 Å². The van der Waals surface area contributed by atoms with Crippen LogP contribution in [0.2, 0.25) is 0 Å². The number of carbonyl (C=O) groups excluding carboxylic acids is 1. The van der Waals surface area contributed by atoms with Crippen LogP contribution in [0.4, 0.5) is 24.1 Å². The summed E-state index contributed by atoms with van der Waals surface area (Å²) in [6.45, 7) is 0. The van der Waals surface area contributed by atoms with Crippen molar-refractivity contribution in [1.82, 2.24) is 4.98 Å². The summed E-state index contributed by atoms with van der Waals surface area (Å²) in [5, 5.41) is 2.76. The Morgan fingerprint density at radius 2 is 2.05 bits per heavy atom. The second-order valence-electron chi connectivity index (χ2n) is 4.65. The number of nitrogens with one attached hydrogen (secondary N) is 1. The number of hydrogen-bond acceptors (Lipinski definition) is 4. The molecule has 3 N–H and O–H groups in total. The highest BCUT2D eigenvalue weighted by molar-refractivity contribution is 7.16. The summed E-state index contributed by atoms with van der Waals surface area (Å²) in [6.07, 6.45) is -4.53. The summed E-state index contributed by atoms with van der Waals surface area (Å²) in [7, 11) is 0. The third-order valence-corrected chi connectivity index (χ3v) is 4.27. The quantitative estimate of drug-likeness (QED) is 0.849. The lowest BCUT2D eigenvalue weighted by atomic mass is 9.88. The van der Waals surface area contributed by atoms with E-state index >= 15 is 0 Å². The van der Waals surface area contributed by atoms with Crippen LogP contribution in [0.1, 0.15) is 28.3 Å². The minimum atomic E-state index is -4.47. The molecule has 1 atom stereocenters. The zero-order valence-corrected chi connectivity index (χ0v) is 11.4. The maximum Gasteiger partial charge on any atom is 0.416 e. The second-order valence-corrected chi connectivity index (χ2v) is 5.72. The predicted octanol–water partition coefficient (Wildman–Crippen LogP) is 3.22. The van der Waals surface area contributed by atoms with Gasteiger partial charge in [0.2, 0.25) is 5.91 Å². The first-order valence-electron chi connectivity index (χ1n) is 6.08. The summed E-state index contributed by atoms with van der Waals surface area (Å²) < 4.78 is 39.4. The zero-order valence-electron chi connectivity index (χ0n) is 10.6.